The molecule has 1 unspecified atom stereocenters. The summed E-state index contributed by atoms with van der Waals surface area (Å²) in [6.45, 7) is 6.20. The fourth-order valence-electron chi connectivity index (χ4n) is 1.62. The highest BCUT2D eigenvalue weighted by Crippen LogP contribution is 2.02. The van der Waals surface area contributed by atoms with Crippen LogP contribution in [-0.4, -0.2) is 37.7 Å². The Labute approximate surface area is 85.4 Å². The minimum atomic E-state index is -0.332. The highest BCUT2D eigenvalue weighted by Gasteiger charge is 2.18. The normalized spacial score (nSPS) is 24.3. The summed E-state index contributed by atoms with van der Waals surface area (Å²) in [4.78, 5) is 11.5. The van der Waals surface area contributed by atoms with E-state index in [1.165, 1.54) is 0 Å². The van der Waals surface area contributed by atoms with Crippen LogP contribution in [0.25, 0.3) is 0 Å². The van der Waals surface area contributed by atoms with E-state index < -0.39 is 0 Å². The number of hydrogen-bond donors (Lipinski definition) is 2. The molecular weight excluding hydrogens is 180 g/mol. The van der Waals surface area contributed by atoms with Crippen LogP contribution in [0.2, 0.25) is 0 Å². The monoisotopic (exact) mass is 200 g/mol. The van der Waals surface area contributed by atoms with E-state index in [0.717, 1.165) is 25.9 Å². The fourth-order valence-corrected chi connectivity index (χ4v) is 1.62. The Hall–Kier alpha value is -0.610. The van der Waals surface area contributed by atoms with E-state index in [9.17, 15) is 4.79 Å². The van der Waals surface area contributed by atoms with Gasteiger partial charge in [-0.05, 0) is 33.2 Å². The molecule has 1 saturated heterocycles. The molecule has 1 amide bonds. The third-order valence-corrected chi connectivity index (χ3v) is 2.43. The molecule has 0 bridgehead atoms. The Bertz CT molecular complexity index is 179. The van der Waals surface area contributed by atoms with Gasteiger partial charge >= 0.3 is 0 Å². The molecule has 82 valence electrons. The molecule has 2 N–H and O–H groups in total. The summed E-state index contributed by atoms with van der Waals surface area (Å²) < 4.78 is 5.21. The Morgan fingerprint density at radius 1 is 1.71 bits per heavy atom. The van der Waals surface area contributed by atoms with Gasteiger partial charge in [0.05, 0.1) is 0 Å². The first kappa shape index (κ1) is 11.5. The number of rotatable bonds is 4. The lowest BCUT2D eigenvalue weighted by molar-refractivity contribution is -0.132. The molecule has 4 nitrogen and oxygen atoms in total. The molecule has 14 heavy (non-hydrogen) atoms. The van der Waals surface area contributed by atoms with Gasteiger partial charge in [0.2, 0.25) is 5.91 Å². The molecule has 0 spiro atoms. The summed E-state index contributed by atoms with van der Waals surface area (Å²) >= 11 is 0. The summed E-state index contributed by atoms with van der Waals surface area (Å²) in [5.41, 5.74) is 0. The number of ether oxygens (including phenoxy) is 1. The van der Waals surface area contributed by atoms with Crippen molar-refractivity contribution in [2.45, 2.75) is 38.8 Å². The van der Waals surface area contributed by atoms with Gasteiger partial charge in [-0.25, -0.2) is 0 Å². The lowest BCUT2D eigenvalue weighted by Gasteiger charge is -2.25. The van der Waals surface area contributed by atoms with Crippen molar-refractivity contribution in [3.63, 3.8) is 0 Å². The van der Waals surface area contributed by atoms with Crippen molar-refractivity contribution >= 4 is 5.91 Å². The van der Waals surface area contributed by atoms with Gasteiger partial charge < -0.3 is 15.4 Å². The van der Waals surface area contributed by atoms with E-state index in [1.807, 2.05) is 6.92 Å². The second-order valence-corrected chi connectivity index (χ2v) is 3.65. The molecule has 0 saturated carbocycles. The van der Waals surface area contributed by atoms with E-state index in [0.29, 0.717) is 6.61 Å². The molecule has 1 rings (SSSR count). The van der Waals surface area contributed by atoms with E-state index in [1.54, 1.807) is 6.92 Å². The van der Waals surface area contributed by atoms with Crippen LogP contribution in [0, 0.1) is 0 Å². The van der Waals surface area contributed by atoms with Crippen molar-refractivity contribution in [3.8, 4) is 0 Å². The van der Waals surface area contributed by atoms with Crippen molar-refractivity contribution < 1.29 is 9.53 Å². The third-order valence-electron chi connectivity index (χ3n) is 2.43. The highest BCUT2D eigenvalue weighted by molar-refractivity contribution is 5.80. The van der Waals surface area contributed by atoms with E-state index >= 15 is 0 Å². The van der Waals surface area contributed by atoms with Crippen molar-refractivity contribution in [2.24, 2.45) is 0 Å². The number of hydrogen-bond acceptors (Lipinski definition) is 3. The van der Waals surface area contributed by atoms with Gasteiger partial charge in [-0.1, -0.05) is 0 Å². The highest BCUT2D eigenvalue weighted by atomic mass is 16.5. The minimum absolute atomic E-state index is 0.000509. The Kier molecular flexibility index (Phi) is 4.90. The number of nitrogens with one attached hydrogen (secondary N) is 2. The molecule has 2 atom stereocenters. The van der Waals surface area contributed by atoms with Crippen LogP contribution in [0.15, 0.2) is 0 Å². The first-order chi connectivity index (χ1) is 6.74. The SMILES string of the molecule is CCOC(C)C(=O)N[C@H]1CCCNC1. The maximum Gasteiger partial charge on any atom is 0.249 e. The second kappa shape index (κ2) is 5.98. The lowest BCUT2D eigenvalue weighted by Crippen LogP contribution is -2.48. The summed E-state index contributed by atoms with van der Waals surface area (Å²) in [6, 6.07) is 0.277. The smallest absolute Gasteiger partial charge is 0.249 e. The average Bonchev–Trinajstić information content (AvgIpc) is 2.19. The van der Waals surface area contributed by atoms with Gasteiger partial charge in [-0.2, -0.15) is 0 Å². The molecule has 0 aliphatic carbocycles. The Balaban J connectivity index is 2.24. The third kappa shape index (κ3) is 3.64. The van der Waals surface area contributed by atoms with Crippen molar-refractivity contribution in [3.05, 3.63) is 0 Å². The van der Waals surface area contributed by atoms with Gasteiger partial charge in [-0.3, -0.25) is 4.79 Å². The van der Waals surface area contributed by atoms with Gasteiger partial charge in [0.15, 0.2) is 0 Å². The average molecular weight is 200 g/mol. The molecule has 0 aromatic heterocycles. The minimum Gasteiger partial charge on any atom is -0.369 e. The maximum absolute atomic E-state index is 11.5. The van der Waals surface area contributed by atoms with E-state index in [2.05, 4.69) is 10.6 Å². The van der Waals surface area contributed by atoms with Crippen LogP contribution in [0.5, 0.6) is 0 Å². The summed E-state index contributed by atoms with van der Waals surface area (Å²) in [6.07, 6.45) is 1.87. The zero-order valence-electron chi connectivity index (χ0n) is 9.01. The largest absolute Gasteiger partial charge is 0.369 e. The zero-order valence-corrected chi connectivity index (χ0v) is 9.01. The van der Waals surface area contributed by atoms with Crippen LogP contribution in [0.4, 0.5) is 0 Å². The summed E-state index contributed by atoms with van der Waals surface area (Å²) in [7, 11) is 0. The van der Waals surface area contributed by atoms with Crippen LogP contribution >= 0.6 is 0 Å². The van der Waals surface area contributed by atoms with Crippen LogP contribution < -0.4 is 10.6 Å². The molecule has 0 aromatic carbocycles. The van der Waals surface area contributed by atoms with Crippen LogP contribution in [-0.2, 0) is 9.53 Å². The van der Waals surface area contributed by atoms with E-state index in [-0.39, 0.29) is 18.1 Å². The van der Waals surface area contributed by atoms with Gasteiger partial charge in [0.25, 0.3) is 0 Å². The molecule has 4 heteroatoms. The Morgan fingerprint density at radius 2 is 2.50 bits per heavy atom. The summed E-state index contributed by atoms with van der Waals surface area (Å²) in [5.74, 6) is 0.000509. The number of piperidine rings is 1. The Morgan fingerprint density at radius 3 is 3.07 bits per heavy atom. The molecule has 0 aromatic rings. The van der Waals surface area contributed by atoms with Crippen LogP contribution in [0.3, 0.4) is 0 Å². The molecule has 1 fully saturated rings. The fraction of sp³-hybridized carbons (Fsp3) is 0.900. The van der Waals surface area contributed by atoms with Gasteiger partial charge in [0, 0.05) is 19.2 Å². The molecule has 0 radical (unpaired) electrons. The van der Waals surface area contributed by atoms with Crippen molar-refractivity contribution in [1.82, 2.24) is 10.6 Å². The quantitative estimate of drug-likeness (QED) is 0.685. The standard InChI is InChI=1S/C10H20N2O2/c1-3-14-8(2)10(13)12-9-5-4-6-11-7-9/h8-9,11H,3-7H2,1-2H3,(H,12,13)/t8?,9-/m0/s1. The van der Waals surface area contributed by atoms with Gasteiger partial charge in [0.1, 0.15) is 6.10 Å². The van der Waals surface area contributed by atoms with Crippen LogP contribution in [0.1, 0.15) is 26.7 Å². The van der Waals surface area contributed by atoms with Crippen molar-refractivity contribution in [2.75, 3.05) is 19.7 Å². The summed E-state index contributed by atoms with van der Waals surface area (Å²) in [5, 5.41) is 6.23. The first-order valence-electron chi connectivity index (χ1n) is 5.36. The second-order valence-electron chi connectivity index (χ2n) is 3.65. The predicted molar refractivity (Wildman–Crippen MR) is 55.1 cm³/mol. The number of carbonyl (C=O) groups excluding carboxylic acids is 1. The number of amides is 1. The maximum atomic E-state index is 11.5. The van der Waals surface area contributed by atoms with E-state index in [4.69, 9.17) is 4.74 Å². The number of carbonyl (C=O) groups is 1. The molecule has 1 aliphatic heterocycles. The van der Waals surface area contributed by atoms with Crippen molar-refractivity contribution in [1.29, 1.82) is 0 Å². The lowest BCUT2D eigenvalue weighted by atomic mass is 10.1. The molecular formula is C10H20N2O2. The molecule has 1 aliphatic rings. The zero-order chi connectivity index (χ0) is 10.4. The topological polar surface area (TPSA) is 50.4 Å². The molecule has 1 heterocycles. The predicted octanol–water partition coefficient (Wildman–Crippen LogP) is 0.280. The first-order valence-corrected chi connectivity index (χ1v) is 5.36. The van der Waals surface area contributed by atoms with Gasteiger partial charge in [-0.15, -0.1) is 0 Å².